The van der Waals surface area contributed by atoms with Gasteiger partial charge in [0, 0.05) is 24.5 Å². The third kappa shape index (κ3) is 6.01. The van der Waals surface area contributed by atoms with Crippen molar-refractivity contribution in [1.29, 1.82) is 0 Å². The minimum Gasteiger partial charge on any atom is -0.455 e. The molecule has 148 valence electrons. The Balaban J connectivity index is 1.95. The summed E-state index contributed by atoms with van der Waals surface area (Å²) in [6.07, 6.45) is -0.0938. The van der Waals surface area contributed by atoms with Gasteiger partial charge in [-0.15, -0.1) is 5.10 Å². The van der Waals surface area contributed by atoms with Gasteiger partial charge in [0.15, 0.2) is 12.4 Å². The van der Waals surface area contributed by atoms with E-state index >= 15 is 0 Å². The largest absolute Gasteiger partial charge is 0.455 e. The molecule has 0 saturated heterocycles. The van der Waals surface area contributed by atoms with Crippen molar-refractivity contribution in [2.45, 2.75) is 48.0 Å². The van der Waals surface area contributed by atoms with Crippen molar-refractivity contribution < 1.29 is 14.3 Å². The summed E-state index contributed by atoms with van der Waals surface area (Å²) in [5, 5.41) is 4.28. The zero-order valence-corrected chi connectivity index (χ0v) is 17.0. The summed E-state index contributed by atoms with van der Waals surface area (Å²) in [7, 11) is 0. The molecule has 0 unspecified atom stereocenters. The molecule has 0 bridgehead atoms. The highest BCUT2D eigenvalue weighted by molar-refractivity contribution is 5.81. The van der Waals surface area contributed by atoms with Gasteiger partial charge in [0.25, 0.3) is 11.7 Å². The molecule has 2 aromatic rings. The van der Waals surface area contributed by atoms with Gasteiger partial charge >= 0.3 is 5.97 Å². The topological polar surface area (TPSA) is 89.7 Å². The Hall–Kier alpha value is -2.51. The van der Waals surface area contributed by atoms with E-state index in [1.54, 1.807) is 9.42 Å². The molecular formula is C19H29N5O3. The monoisotopic (exact) mass is 375 g/mol. The summed E-state index contributed by atoms with van der Waals surface area (Å²) in [5.41, 5.74) is 1.72. The Morgan fingerprint density at radius 3 is 2.33 bits per heavy atom. The molecule has 0 radical (unpaired) electrons. The predicted octanol–water partition coefficient (Wildman–Crippen LogP) is 1.97. The number of hydrogen-bond donors (Lipinski definition) is 0. The number of aromatic nitrogens is 4. The number of carbonyl (C=O) groups excluding carboxylic acids is 2. The van der Waals surface area contributed by atoms with Crippen molar-refractivity contribution in [1.82, 2.24) is 24.5 Å². The molecule has 0 N–H and O–H groups in total. The highest BCUT2D eigenvalue weighted by Crippen LogP contribution is 2.07. The number of fused-ring (bicyclic) bond motifs is 1. The fourth-order valence-corrected chi connectivity index (χ4v) is 2.86. The standard InChI is InChI=1S/C19H29N5O3/c1-12(2)9-23(10-13(3)4)17(25)11-27-18(26)8-16-21-19-20-14(5)7-15(6)24(19)22-16/h7,12-13H,8-11H2,1-6H3. The van der Waals surface area contributed by atoms with Crippen molar-refractivity contribution in [2.24, 2.45) is 11.8 Å². The van der Waals surface area contributed by atoms with Crippen LogP contribution < -0.4 is 0 Å². The maximum absolute atomic E-state index is 12.4. The Morgan fingerprint density at radius 2 is 1.74 bits per heavy atom. The van der Waals surface area contributed by atoms with Crippen LogP contribution in [-0.4, -0.2) is 56.1 Å². The van der Waals surface area contributed by atoms with Crippen LogP contribution in [-0.2, 0) is 20.7 Å². The van der Waals surface area contributed by atoms with Gasteiger partial charge in [-0.05, 0) is 31.7 Å². The van der Waals surface area contributed by atoms with Crippen LogP contribution in [0.15, 0.2) is 6.07 Å². The van der Waals surface area contributed by atoms with Gasteiger partial charge in [-0.1, -0.05) is 27.7 Å². The summed E-state index contributed by atoms with van der Waals surface area (Å²) in [4.78, 5) is 34.8. The molecule has 8 nitrogen and oxygen atoms in total. The van der Waals surface area contributed by atoms with Crippen LogP contribution in [0.25, 0.3) is 5.78 Å². The van der Waals surface area contributed by atoms with Gasteiger partial charge in [-0.25, -0.2) is 9.50 Å². The van der Waals surface area contributed by atoms with E-state index < -0.39 is 5.97 Å². The van der Waals surface area contributed by atoms with E-state index in [0.29, 0.717) is 36.5 Å². The molecule has 2 heterocycles. The third-order valence-corrected chi connectivity index (χ3v) is 3.85. The molecule has 8 heteroatoms. The van der Waals surface area contributed by atoms with Crippen molar-refractivity contribution in [3.8, 4) is 0 Å². The molecule has 0 spiro atoms. The van der Waals surface area contributed by atoms with Crippen LogP contribution in [0.2, 0.25) is 0 Å². The maximum Gasteiger partial charge on any atom is 0.314 e. The number of hydrogen-bond acceptors (Lipinski definition) is 6. The second-order valence-electron chi connectivity index (χ2n) is 7.70. The first-order valence-corrected chi connectivity index (χ1v) is 9.29. The van der Waals surface area contributed by atoms with E-state index in [1.165, 1.54) is 0 Å². The molecule has 1 amide bonds. The Bertz CT molecular complexity index is 803. The fourth-order valence-electron chi connectivity index (χ4n) is 2.86. The first-order chi connectivity index (χ1) is 12.7. The van der Waals surface area contributed by atoms with Crippen LogP contribution in [0, 0.1) is 25.7 Å². The molecule has 0 atom stereocenters. The van der Waals surface area contributed by atoms with E-state index in [9.17, 15) is 9.59 Å². The molecule has 2 rings (SSSR count). The number of amides is 1. The van der Waals surface area contributed by atoms with Crippen LogP contribution in [0.3, 0.4) is 0 Å². The molecule has 0 aliphatic heterocycles. The van der Waals surface area contributed by atoms with Gasteiger partial charge < -0.3 is 9.64 Å². The van der Waals surface area contributed by atoms with E-state index in [0.717, 1.165) is 11.4 Å². The Labute approximate surface area is 159 Å². The SMILES string of the molecule is Cc1cc(C)n2nc(CC(=O)OCC(=O)N(CC(C)C)CC(C)C)nc2n1. The van der Waals surface area contributed by atoms with E-state index in [2.05, 4.69) is 42.8 Å². The van der Waals surface area contributed by atoms with Gasteiger partial charge in [0.2, 0.25) is 0 Å². The minimum atomic E-state index is -0.525. The average Bonchev–Trinajstić information content (AvgIpc) is 2.93. The highest BCUT2D eigenvalue weighted by Gasteiger charge is 2.19. The van der Waals surface area contributed by atoms with Crippen molar-refractivity contribution >= 4 is 17.7 Å². The number of rotatable bonds is 8. The lowest BCUT2D eigenvalue weighted by Gasteiger charge is -2.26. The zero-order valence-electron chi connectivity index (χ0n) is 17.0. The Morgan fingerprint density at radius 1 is 1.11 bits per heavy atom. The number of ether oxygens (including phenoxy) is 1. The van der Waals surface area contributed by atoms with E-state index in [-0.39, 0.29) is 18.9 Å². The molecule has 0 aromatic carbocycles. The van der Waals surface area contributed by atoms with E-state index in [1.807, 2.05) is 19.9 Å². The third-order valence-electron chi connectivity index (χ3n) is 3.85. The quantitative estimate of drug-likeness (QED) is 0.655. The smallest absolute Gasteiger partial charge is 0.314 e. The van der Waals surface area contributed by atoms with E-state index in [4.69, 9.17) is 4.74 Å². The van der Waals surface area contributed by atoms with Crippen LogP contribution in [0.4, 0.5) is 0 Å². The summed E-state index contributed by atoms with van der Waals surface area (Å²) in [5.74, 6) is 0.778. The maximum atomic E-state index is 12.4. The van der Waals surface area contributed by atoms with Gasteiger partial charge in [-0.3, -0.25) is 9.59 Å². The summed E-state index contributed by atoms with van der Waals surface area (Å²) in [6, 6.07) is 1.89. The molecular weight excluding hydrogens is 346 g/mol. The summed E-state index contributed by atoms with van der Waals surface area (Å²) in [6.45, 7) is 13.0. The van der Waals surface area contributed by atoms with Crippen molar-refractivity contribution in [2.75, 3.05) is 19.7 Å². The normalized spacial score (nSPS) is 11.4. The second-order valence-corrected chi connectivity index (χ2v) is 7.70. The van der Waals surface area contributed by atoms with Crippen molar-refractivity contribution in [3.05, 3.63) is 23.3 Å². The molecule has 0 aliphatic rings. The molecule has 0 saturated carbocycles. The Kier molecular flexibility index (Phi) is 6.87. The van der Waals surface area contributed by atoms with Crippen LogP contribution >= 0.6 is 0 Å². The molecule has 2 aromatic heterocycles. The fraction of sp³-hybridized carbons (Fsp3) is 0.632. The first-order valence-electron chi connectivity index (χ1n) is 9.29. The molecule has 0 fully saturated rings. The lowest BCUT2D eigenvalue weighted by Crippen LogP contribution is -2.39. The number of carbonyl (C=O) groups is 2. The van der Waals surface area contributed by atoms with Gasteiger partial charge in [0.05, 0.1) is 0 Å². The molecule has 0 aliphatic carbocycles. The van der Waals surface area contributed by atoms with Gasteiger partial charge in [-0.2, -0.15) is 4.98 Å². The predicted molar refractivity (Wildman–Crippen MR) is 101 cm³/mol. The number of nitrogens with zero attached hydrogens (tertiary/aromatic N) is 5. The van der Waals surface area contributed by atoms with Crippen molar-refractivity contribution in [3.63, 3.8) is 0 Å². The second kappa shape index (κ2) is 8.92. The minimum absolute atomic E-state index is 0.0938. The highest BCUT2D eigenvalue weighted by atomic mass is 16.5. The average molecular weight is 375 g/mol. The lowest BCUT2D eigenvalue weighted by molar-refractivity contribution is -0.152. The van der Waals surface area contributed by atoms with Crippen LogP contribution in [0.5, 0.6) is 0 Å². The molecule has 27 heavy (non-hydrogen) atoms. The van der Waals surface area contributed by atoms with Crippen LogP contribution in [0.1, 0.15) is 44.9 Å². The zero-order chi connectivity index (χ0) is 20.1. The summed E-state index contributed by atoms with van der Waals surface area (Å²) < 4.78 is 6.75. The van der Waals surface area contributed by atoms with Gasteiger partial charge in [0.1, 0.15) is 6.42 Å². The summed E-state index contributed by atoms with van der Waals surface area (Å²) >= 11 is 0. The lowest BCUT2D eigenvalue weighted by atomic mass is 10.1. The number of esters is 1. The first kappa shape index (κ1) is 20.8. The number of aryl methyl sites for hydroxylation is 2.